The Morgan fingerprint density at radius 3 is 2.42 bits per heavy atom. The first-order chi connectivity index (χ1) is 14.6. The van der Waals surface area contributed by atoms with Crippen LogP contribution in [0.15, 0.2) is 12.1 Å². The molecule has 2 N–H and O–H groups in total. The standard InChI is InChI=1S/C26H40FNO3/c1-16-9-17(2)13-26(5,14-18(3)10-16)15-31-24-12-21(27)23(11-19(24)4)28-22-8-6-7-20(22)25(29)30/h11-12,16-18,20,22,28H,6-10,13-15H2,1-5H3,(H,29,30)/t16?,17-,18+,20?,22?,26?. The van der Waals surface area contributed by atoms with Crippen LogP contribution in [0.5, 0.6) is 5.75 Å². The number of nitrogens with one attached hydrogen (secondary N) is 1. The lowest BCUT2D eigenvalue weighted by Gasteiger charge is -2.38. The van der Waals surface area contributed by atoms with Crippen molar-refractivity contribution in [3.63, 3.8) is 0 Å². The Morgan fingerprint density at radius 2 is 1.81 bits per heavy atom. The van der Waals surface area contributed by atoms with Crippen LogP contribution in [0.1, 0.15) is 78.2 Å². The van der Waals surface area contributed by atoms with E-state index in [1.807, 2.05) is 6.92 Å². The van der Waals surface area contributed by atoms with Crippen molar-refractivity contribution in [2.75, 3.05) is 11.9 Å². The van der Waals surface area contributed by atoms with E-state index in [4.69, 9.17) is 4.74 Å². The normalized spacial score (nSPS) is 34.1. The highest BCUT2D eigenvalue weighted by Gasteiger charge is 2.34. The van der Waals surface area contributed by atoms with E-state index in [9.17, 15) is 14.3 Å². The van der Waals surface area contributed by atoms with Crippen LogP contribution in [-0.4, -0.2) is 23.7 Å². The molecule has 0 amide bonds. The Bertz CT molecular complexity index is 766. The van der Waals surface area contributed by atoms with Crippen molar-refractivity contribution < 1.29 is 19.0 Å². The van der Waals surface area contributed by atoms with Gasteiger partial charge in [-0.25, -0.2) is 4.39 Å². The van der Waals surface area contributed by atoms with Gasteiger partial charge in [0, 0.05) is 17.5 Å². The lowest BCUT2D eigenvalue weighted by Crippen LogP contribution is -2.32. The van der Waals surface area contributed by atoms with Gasteiger partial charge in [0.15, 0.2) is 0 Å². The summed E-state index contributed by atoms with van der Waals surface area (Å²) < 4.78 is 21.1. The highest BCUT2D eigenvalue weighted by molar-refractivity contribution is 5.72. The number of aliphatic carboxylic acids is 1. The molecule has 0 radical (unpaired) electrons. The van der Waals surface area contributed by atoms with Crippen LogP contribution in [0.4, 0.5) is 10.1 Å². The van der Waals surface area contributed by atoms with Crippen molar-refractivity contribution in [3.05, 3.63) is 23.5 Å². The zero-order valence-corrected chi connectivity index (χ0v) is 19.8. The SMILES string of the molecule is Cc1cc(NC2CCCC2C(=O)O)c(F)cc1OCC1(C)C[C@H](C)CC(C)C[C@H](C)C1. The van der Waals surface area contributed by atoms with Crippen LogP contribution in [0.3, 0.4) is 0 Å². The summed E-state index contributed by atoms with van der Waals surface area (Å²) in [6.45, 7) is 11.9. The summed E-state index contributed by atoms with van der Waals surface area (Å²) in [4.78, 5) is 11.4. The molecule has 2 aliphatic rings. The van der Waals surface area contributed by atoms with Gasteiger partial charge in [-0.3, -0.25) is 4.79 Å². The number of halogens is 1. The fourth-order valence-corrected chi connectivity index (χ4v) is 6.33. The van der Waals surface area contributed by atoms with E-state index in [1.165, 1.54) is 18.9 Å². The van der Waals surface area contributed by atoms with Crippen molar-refractivity contribution in [3.8, 4) is 5.75 Å². The van der Waals surface area contributed by atoms with Crippen molar-refractivity contribution in [2.24, 2.45) is 29.1 Å². The molecule has 174 valence electrons. The number of aryl methyl sites for hydroxylation is 1. The summed E-state index contributed by atoms with van der Waals surface area (Å²) in [6, 6.07) is 3.00. The Hall–Kier alpha value is -1.78. The van der Waals surface area contributed by atoms with Gasteiger partial charge >= 0.3 is 5.97 Å². The molecule has 2 aliphatic carbocycles. The van der Waals surface area contributed by atoms with Gasteiger partial charge in [-0.1, -0.05) is 34.1 Å². The van der Waals surface area contributed by atoms with Gasteiger partial charge in [-0.15, -0.1) is 0 Å². The summed E-state index contributed by atoms with van der Waals surface area (Å²) in [5, 5.41) is 12.5. The van der Waals surface area contributed by atoms with Gasteiger partial charge in [0.2, 0.25) is 0 Å². The first-order valence-corrected chi connectivity index (χ1v) is 12.0. The zero-order chi connectivity index (χ0) is 22.8. The topological polar surface area (TPSA) is 58.6 Å². The predicted molar refractivity (Wildman–Crippen MR) is 123 cm³/mol. The summed E-state index contributed by atoms with van der Waals surface area (Å²) in [7, 11) is 0. The molecule has 3 rings (SSSR count). The second-order valence-corrected chi connectivity index (χ2v) is 11.0. The summed E-state index contributed by atoms with van der Waals surface area (Å²) >= 11 is 0. The Morgan fingerprint density at radius 1 is 1.16 bits per heavy atom. The van der Waals surface area contributed by atoms with Crippen LogP contribution in [0, 0.1) is 41.8 Å². The van der Waals surface area contributed by atoms with E-state index in [0.29, 0.717) is 36.3 Å². The molecule has 0 spiro atoms. The number of rotatable bonds is 6. The van der Waals surface area contributed by atoms with Gasteiger partial charge in [-0.2, -0.15) is 0 Å². The van der Waals surface area contributed by atoms with E-state index in [2.05, 4.69) is 33.0 Å². The number of hydrogen-bond donors (Lipinski definition) is 2. The molecule has 2 saturated carbocycles. The third-order valence-corrected chi connectivity index (χ3v) is 7.31. The number of ether oxygens (including phenoxy) is 1. The van der Waals surface area contributed by atoms with E-state index in [-0.39, 0.29) is 17.3 Å². The Balaban J connectivity index is 1.68. The number of carbonyl (C=O) groups is 1. The highest BCUT2D eigenvalue weighted by atomic mass is 19.1. The van der Waals surface area contributed by atoms with Crippen LogP contribution in [-0.2, 0) is 4.79 Å². The van der Waals surface area contributed by atoms with Crippen LogP contribution in [0.25, 0.3) is 0 Å². The third-order valence-electron chi connectivity index (χ3n) is 7.31. The van der Waals surface area contributed by atoms with Gasteiger partial charge in [0.05, 0.1) is 18.2 Å². The average Bonchev–Trinajstić information content (AvgIpc) is 3.10. The van der Waals surface area contributed by atoms with Crippen LogP contribution in [0.2, 0.25) is 0 Å². The minimum Gasteiger partial charge on any atom is -0.493 e. The minimum atomic E-state index is -0.808. The van der Waals surface area contributed by atoms with Crippen molar-refractivity contribution in [1.29, 1.82) is 0 Å². The fourth-order valence-electron chi connectivity index (χ4n) is 6.33. The Kier molecular flexibility index (Phi) is 7.54. The fraction of sp³-hybridized carbons (Fsp3) is 0.731. The molecular weight excluding hydrogens is 393 g/mol. The molecule has 0 heterocycles. The molecular formula is C26H40FNO3. The van der Waals surface area contributed by atoms with Gasteiger partial charge in [0.25, 0.3) is 0 Å². The van der Waals surface area contributed by atoms with Gasteiger partial charge < -0.3 is 15.2 Å². The minimum absolute atomic E-state index is 0.0807. The van der Waals surface area contributed by atoms with Crippen LogP contribution < -0.4 is 10.1 Å². The Labute approximate surface area is 187 Å². The maximum Gasteiger partial charge on any atom is 0.308 e. The number of benzene rings is 1. The summed E-state index contributed by atoms with van der Waals surface area (Å²) in [6.07, 6.45) is 7.01. The molecule has 4 nitrogen and oxygen atoms in total. The predicted octanol–water partition coefficient (Wildman–Crippen LogP) is 6.67. The second kappa shape index (κ2) is 9.79. The van der Waals surface area contributed by atoms with Gasteiger partial charge in [0.1, 0.15) is 11.6 Å². The molecule has 2 fully saturated rings. The lowest BCUT2D eigenvalue weighted by atomic mass is 9.69. The number of anilines is 1. The van der Waals surface area contributed by atoms with E-state index >= 15 is 0 Å². The maximum absolute atomic E-state index is 14.9. The monoisotopic (exact) mass is 433 g/mol. The molecule has 4 unspecified atom stereocenters. The lowest BCUT2D eigenvalue weighted by molar-refractivity contribution is -0.141. The maximum atomic E-state index is 14.9. The molecule has 1 aromatic rings. The molecule has 5 heteroatoms. The van der Waals surface area contributed by atoms with Crippen molar-refractivity contribution in [2.45, 2.75) is 85.6 Å². The molecule has 0 aromatic heterocycles. The largest absolute Gasteiger partial charge is 0.493 e. The smallest absolute Gasteiger partial charge is 0.308 e. The molecule has 0 saturated heterocycles. The first-order valence-electron chi connectivity index (χ1n) is 12.0. The van der Waals surface area contributed by atoms with Crippen molar-refractivity contribution in [1.82, 2.24) is 0 Å². The molecule has 0 bridgehead atoms. The average molecular weight is 434 g/mol. The highest BCUT2D eigenvalue weighted by Crippen LogP contribution is 2.41. The number of carboxylic acids is 1. The summed E-state index contributed by atoms with van der Waals surface area (Å²) in [5.74, 6) is 1.03. The number of carboxylic acid groups (broad SMARTS) is 1. The van der Waals surface area contributed by atoms with E-state index < -0.39 is 11.9 Å². The third kappa shape index (κ3) is 6.14. The zero-order valence-electron chi connectivity index (χ0n) is 19.8. The van der Waals surface area contributed by atoms with E-state index in [1.54, 1.807) is 6.07 Å². The number of hydrogen-bond acceptors (Lipinski definition) is 3. The van der Waals surface area contributed by atoms with E-state index in [0.717, 1.165) is 37.2 Å². The van der Waals surface area contributed by atoms with Crippen molar-refractivity contribution >= 4 is 11.7 Å². The van der Waals surface area contributed by atoms with Crippen LogP contribution >= 0.6 is 0 Å². The van der Waals surface area contributed by atoms with Gasteiger partial charge in [-0.05, 0) is 74.8 Å². The molecule has 0 aliphatic heterocycles. The molecule has 31 heavy (non-hydrogen) atoms. The quantitative estimate of drug-likeness (QED) is 0.526. The summed E-state index contributed by atoms with van der Waals surface area (Å²) in [5.41, 5.74) is 1.33. The molecule has 1 aromatic carbocycles. The first kappa shape index (κ1) is 23.9. The molecule has 6 atom stereocenters. The second-order valence-electron chi connectivity index (χ2n) is 11.0.